The second kappa shape index (κ2) is 2.69. The first kappa shape index (κ1) is 7.98. The summed E-state index contributed by atoms with van der Waals surface area (Å²) in [4.78, 5) is 14.2. The number of aromatic nitrogens is 1. The molecule has 2 aromatic rings. The summed E-state index contributed by atoms with van der Waals surface area (Å²) >= 11 is 0. The zero-order valence-electron chi connectivity index (χ0n) is 7.10. The van der Waals surface area contributed by atoms with Crippen LogP contribution in [0.1, 0.15) is 5.69 Å². The van der Waals surface area contributed by atoms with Gasteiger partial charge in [0.25, 0.3) is 0 Å². The fourth-order valence-corrected chi connectivity index (χ4v) is 1.36. The van der Waals surface area contributed by atoms with Gasteiger partial charge in [-0.25, -0.2) is 4.39 Å². The molecule has 0 amide bonds. The first-order valence-corrected chi connectivity index (χ1v) is 3.96. The predicted octanol–water partition coefficient (Wildman–Crippen LogP) is 1.98. The lowest BCUT2D eigenvalue weighted by Crippen LogP contribution is -2.03. The van der Waals surface area contributed by atoms with Gasteiger partial charge < -0.3 is 4.98 Å². The number of hydrogen-bond acceptors (Lipinski definition) is 1. The maximum absolute atomic E-state index is 13.2. The molecular formula is C10H8FNO. The van der Waals surface area contributed by atoms with E-state index in [0.29, 0.717) is 11.1 Å². The number of aryl methyl sites for hydroxylation is 1. The summed E-state index contributed by atoms with van der Waals surface area (Å²) < 4.78 is 13.2. The van der Waals surface area contributed by atoms with Crippen LogP contribution in [0, 0.1) is 12.7 Å². The Balaban J connectivity index is 3.03. The molecule has 0 saturated heterocycles. The predicted molar refractivity (Wildman–Crippen MR) is 49.3 cm³/mol. The third-order valence-electron chi connectivity index (χ3n) is 1.95. The van der Waals surface area contributed by atoms with Crippen LogP contribution in [0.2, 0.25) is 0 Å². The molecule has 1 N–H and O–H groups in total. The van der Waals surface area contributed by atoms with Crippen molar-refractivity contribution in [3.05, 3.63) is 46.0 Å². The number of benzene rings is 1. The fraction of sp³-hybridized carbons (Fsp3) is 0.100. The van der Waals surface area contributed by atoms with Crippen LogP contribution in [0.25, 0.3) is 10.9 Å². The number of fused-ring (bicyclic) bond motifs is 1. The smallest absolute Gasteiger partial charge is 0.189 e. The van der Waals surface area contributed by atoms with Gasteiger partial charge in [0.05, 0.1) is 5.52 Å². The van der Waals surface area contributed by atoms with Gasteiger partial charge in [-0.15, -0.1) is 0 Å². The molecule has 66 valence electrons. The largest absolute Gasteiger partial charge is 0.356 e. The van der Waals surface area contributed by atoms with Crippen molar-refractivity contribution in [3.8, 4) is 0 Å². The molecule has 2 rings (SSSR count). The average molecular weight is 177 g/mol. The number of aromatic amines is 1. The average Bonchev–Trinajstić information content (AvgIpc) is 2.07. The Morgan fingerprint density at radius 3 is 2.92 bits per heavy atom. The van der Waals surface area contributed by atoms with Crippen molar-refractivity contribution in [3.63, 3.8) is 0 Å². The summed E-state index contributed by atoms with van der Waals surface area (Å²) in [7, 11) is 0. The van der Waals surface area contributed by atoms with Crippen molar-refractivity contribution in [1.82, 2.24) is 4.98 Å². The molecule has 0 unspecified atom stereocenters. The second-order valence-corrected chi connectivity index (χ2v) is 2.98. The molecule has 0 aliphatic heterocycles. The van der Waals surface area contributed by atoms with Crippen LogP contribution in [0.4, 0.5) is 4.39 Å². The van der Waals surface area contributed by atoms with Crippen molar-refractivity contribution >= 4 is 10.9 Å². The van der Waals surface area contributed by atoms with Crippen LogP contribution < -0.4 is 5.43 Å². The summed E-state index contributed by atoms with van der Waals surface area (Å²) in [6.45, 7) is 1.73. The van der Waals surface area contributed by atoms with Crippen LogP contribution >= 0.6 is 0 Å². The number of H-pyrrole nitrogens is 1. The minimum atomic E-state index is -0.390. The van der Waals surface area contributed by atoms with Crippen molar-refractivity contribution in [2.75, 3.05) is 0 Å². The molecule has 0 spiro atoms. The molecule has 0 fully saturated rings. The molecule has 13 heavy (non-hydrogen) atoms. The summed E-state index contributed by atoms with van der Waals surface area (Å²) in [6, 6.07) is 5.93. The lowest BCUT2D eigenvalue weighted by molar-refractivity contribution is 0.636. The molecule has 2 nitrogen and oxygen atoms in total. The van der Waals surface area contributed by atoms with Crippen LogP contribution in [0.5, 0.6) is 0 Å². The maximum atomic E-state index is 13.2. The van der Waals surface area contributed by atoms with Crippen LogP contribution in [-0.4, -0.2) is 4.98 Å². The van der Waals surface area contributed by atoms with E-state index in [0.717, 1.165) is 0 Å². The van der Waals surface area contributed by atoms with E-state index in [1.807, 2.05) is 0 Å². The van der Waals surface area contributed by atoms with Crippen molar-refractivity contribution in [1.29, 1.82) is 0 Å². The Bertz CT molecular complexity index is 516. The van der Waals surface area contributed by atoms with Crippen molar-refractivity contribution in [2.45, 2.75) is 6.92 Å². The Kier molecular flexibility index (Phi) is 1.65. The van der Waals surface area contributed by atoms with Gasteiger partial charge in [0.2, 0.25) is 0 Å². The van der Waals surface area contributed by atoms with E-state index in [-0.39, 0.29) is 10.9 Å². The summed E-state index contributed by atoms with van der Waals surface area (Å²) in [5, 5.41) is 0.394. The van der Waals surface area contributed by atoms with Gasteiger partial charge in [-0.1, -0.05) is 6.07 Å². The Hall–Kier alpha value is -1.64. The zero-order chi connectivity index (χ0) is 9.42. The number of halogens is 1. The highest BCUT2D eigenvalue weighted by molar-refractivity contribution is 5.78. The third-order valence-corrected chi connectivity index (χ3v) is 1.95. The van der Waals surface area contributed by atoms with E-state index in [4.69, 9.17) is 0 Å². The van der Waals surface area contributed by atoms with Crippen molar-refractivity contribution in [2.24, 2.45) is 0 Å². The van der Waals surface area contributed by atoms with E-state index < -0.39 is 5.82 Å². The molecule has 0 bridgehead atoms. The van der Waals surface area contributed by atoms with E-state index in [1.165, 1.54) is 18.2 Å². The monoisotopic (exact) mass is 177 g/mol. The van der Waals surface area contributed by atoms with Crippen LogP contribution in [-0.2, 0) is 0 Å². The summed E-state index contributed by atoms with van der Waals surface area (Å²) in [5.41, 5.74) is 0.806. The van der Waals surface area contributed by atoms with Gasteiger partial charge in [0.1, 0.15) is 5.82 Å². The normalized spacial score (nSPS) is 10.6. The zero-order valence-corrected chi connectivity index (χ0v) is 7.10. The lowest BCUT2D eigenvalue weighted by Gasteiger charge is -1.99. The molecule has 1 aromatic heterocycles. The first-order chi connectivity index (χ1) is 6.18. The van der Waals surface area contributed by atoms with Crippen molar-refractivity contribution < 1.29 is 4.39 Å². The second-order valence-electron chi connectivity index (χ2n) is 2.98. The molecule has 1 heterocycles. The number of nitrogens with one attached hydrogen (secondary N) is 1. The van der Waals surface area contributed by atoms with Gasteiger partial charge in [-0.05, 0) is 19.1 Å². The Morgan fingerprint density at radius 1 is 1.38 bits per heavy atom. The fourth-order valence-electron chi connectivity index (χ4n) is 1.36. The highest BCUT2D eigenvalue weighted by Gasteiger charge is 2.03. The van der Waals surface area contributed by atoms with E-state index in [1.54, 1.807) is 13.0 Å². The molecule has 1 aromatic carbocycles. The first-order valence-electron chi connectivity index (χ1n) is 3.96. The number of hydrogen-bond donors (Lipinski definition) is 1. The molecule has 0 aliphatic carbocycles. The Morgan fingerprint density at radius 2 is 2.15 bits per heavy atom. The molecular weight excluding hydrogens is 169 g/mol. The molecule has 0 radical (unpaired) electrons. The molecule has 0 saturated carbocycles. The van der Waals surface area contributed by atoms with Crippen LogP contribution in [0.15, 0.2) is 29.1 Å². The number of pyridine rings is 1. The standard InChI is InChI=1S/C10H8FNO/c1-6-5-9(13)7-3-2-4-8(11)10(7)12-6/h2-5H,1H3,(H,12,13). The highest BCUT2D eigenvalue weighted by atomic mass is 19.1. The Labute approximate surface area is 74.0 Å². The number of rotatable bonds is 0. The third kappa shape index (κ3) is 1.22. The maximum Gasteiger partial charge on any atom is 0.189 e. The number of para-hydroxylation sites is 1. The van der Waals surface area contributed by atoms with Gasteiger partial charge in [-0.2, -0.15) is 0 Å². The quantitative estimate of drug-likeness (QED) is 0.655. The van der Waals surface area contributed by atoms with Gasteiger partial charge in [0.15, 0.2) is 5.43 Å². The summed E-state index contributed by atoms with van der Waals surface area (Å²) in [5.74, 6) is -0.390. The topological polar surface area (TPSA) is 32.9 Å². The van der Waals surface area contributed by atoms with E-state index >= 15 is 0 Å². The minimum Gasteiger partial charge on any atom is -0.356 e. The highest BCUT2D eigenvalue weighted by Crippen LogP contribution is 2.11. The van der Waals surface area contributed by atoms with Gasteiger partial charge in [0, 0.05) is 17.1 Å². The van der Waals surface area contributed by atoms with Gasteiger partial charge >= 0.3 is 0 Å². The summed E-state index contributed by atoms with van der Waals surface area (Å²) in [6.07, 6.45) is 0. The van der Waals surface area contributed by atoms with Crippen LogP contribution in [0.3, 0.4) is 0 Å². The molecule has 0 atom stereocenters. The van der Waals surface area contributed by atoms with Gasteiger partial charge in [-0.3, -0.25) is 4.79 Å². The molecule has 3 heteroatoms. The minimum absolute atomic E-state index is 0.147. The SMILES string of the molecule is Cc1cc(=O)c2cccc(F)c2[nH]1. The molecule has 0 aliphatic rings. The van der Waals surface area contributed by atoms with E-state index in [2.05, 4.69) is 4.98 Å². The lowest BCUT2D eigenvalue weighted by atomic mass is 10.2. The van der Waals surface area contributed by atoms with E-state index in [9.17, 15) is 9.18 Å².